The van der Waals surface area contributed by atoms with Crippen LogP contribution in [-0.4, -0.2) is 40.6 Å². The number of nitrogens with zero attached hydrogens (tertiary/aromatic N) is 4. The Morgan fingerprint density at radius 2 is 1.73 bits per heavy atom. The SMILES string of the molecule is COc1cc(-c2noc(Cn3c(=O)n(C4CC4)c(=O)c4ccccc43)n2)cc(OC)c1OC. The van der Waals surface area contributed by atoms with Gasteiger partial charge in [-0.15, -0.1) is 0 Å². The average molecular weight is 450 g/mol. The lowest BCUT2D eigenvalue weighted by Crippen LogP contribution is -2.39. The van der Waals surface area contributed by atoms with Crippen LogP contribution in [0.4, 0.5) is 0 Å². The summed E-state index contributed by atoms with van der Waals surface area (Å²) in [4.78, 5) is 30.5. The topological polar surface area (TPSA) is 111 Å². The van der Waals surface area contributed by atoms with E-state index in [2.05, 4.69) is 10.1 Å². The second-order valence-corrected chi connectivity index (χ2v) is 7.72. The van der Waals surface area contributed by atoms with Crippen molar-refractivity contribution in [2.75, 3.05) is 21.3 Å². The third-order valence-corrected chi connectivity index (χ3v) is 5.68. The number of benzene rings is 2. The molecule has 2 heterocycles. The number of fused-ring (bicyclic) bond motifs is 1. The highest BCUT2D eigenvalue weighted by atomic mass is 16.5. The maximum Gasteiger partial charge on any atom is 0.332 e. The Hall–Kier alpha value is -4.08. The Morgan fingerprint density at radius 1 is 1.03 bits per heavy atom. The molecule has 1 aliphatic rings. The van der Waals surface area contributed by atoms with Gasteiger partial charge in [0, 0.05) is 11.6 Å². The summed E-state index contributed by atoms with van der Waals surface area (Å²) in [6, 6.07) is 10.4. The molecule has 10 nitrogen and oxygen atoms in total. The molecule has 2 aromatic carbocycles. The van der Waals surface area contributed by atoms with E-state index in [9.17, 15) is 9.59 Å². The fourth-order valence-corrected chi connectivity index (χ4v) is 3.93. The van der Waals surface area contributed by atoms with Gasteiger partial charge in [0.2, 0.25) is 17.5 Å². The summed E-state index contributed by atoms with van der Waals surface area (Å²) in [6.07, 6.45) is 1.64. The maximum absolute atomic E-state index is 13.2. The second-order valence-electron chi connectivity index (χ2n) is 7.72. The molecular weight excluding hydrogens is 428 g/mol. The Labute approximate surface area is 187 Å². The molecule has 170 valence electrons. The van der Waals surface area contributed by atoms with Crippen molar-refractivity contribution in [2.45, 2.75) is 25.4 Å². The zero-order chi connectivity index (χ0) is 23.1. The highest BCUT2D eigenvalue weighted by Crippen LogP contribution is 2.40. The number of hydrogen-bond donors (Lipinski definition) is 0. The lowest BCUT2D eigenvalue weighted by molar-refractivity contribution is 0.324. The quantitative estimate of drug-likeness (QED) is 0.423. The molecule has 2 aromatic heterocycles. The van der Waals surface area contributed by atoms with Gasteiger partial charge >= 0.3 is 5.69 Å². The summed E-state index contributed by atoms with van der Waals surface area (Å²) in [5.41, 5.74) is 0.475. The maximum atomic E-state index is 13.2. The van der Waals surface area contributed by atoms with Gasteiger partial charge in [0.25, 0.3) is 5.56 Å². The van der Waals surface area contributed by atoms with Gasteiger partial charge < -0.3 is 18.7 Å². The third kappa shape index (κ3) is 3.53. The predicted octanol–water partition coefficient (Wildman–Crippen LogP) is 2.62. The Balaban J connectivity index is 1.57. The van der Waals surface area contributed by atoms with Crippen molar-refractivity contribution in [3.8, 4) is 28.6 Å². The zero-order valence-electron chi connectivity index (χ0n) is 18.4. The number of ether oxygens (including phenoxy) is 3. The number of para-hydroxylation sites is 1. The fourth-order valence-electron chi connectivity index (χ4n) is 3.93. The van der Waals surface area contributed by atoms with E-state index in [1.54, 1.807) is 36.4 Å². The van der Waals surface area contributed by atoms with E-state index in [4.69, 9.17) is 18.7 Å². The first-order chi connectivity index (χ1) is 16.0. The molecule has 0 radical (unpaired) electrons. The molecule has 5 rings (SSSR count). The summed E-state index contributed by atoms with van der Waals surface area (Å²) in [6.45, 7) is 0.0315. The Morgan fingerprint density at radius 3 is 2.36 bits per heavy atom. The highest BCUT2D eigenvalue weighted by Gasteiger charge is 2.29. The number of hydrogen-bond acceptors (Lipinski definition) is 8. The molecule has 0 saturated heterocycles. The monoisotopic (exact) mass is 450 g/mol. The molecule has 33 heavy (non-hydrogen) atoms. The highest BCUT2D eigenvalue weighted by molar-refractivity contribution is 5.78. The van der Waals surface area contributed by atoms with Gasteiger partial charge in [-0.3, -0.25) is 13.9 Å². The van der Waals surface area contributed by atoms with Crippen LogP contribution in [0.1, 0.15) is 24.8 Å². The van der Waals surface area contributed by atoms with E-state index < -0.39 is 0 Å². The van der Waals surface area contributed by atoms with Crippen LogP contribution in [0.2, 0.25) is 0 Å². The molecule has 0 unspecified atom stereocenters. The molecule has 1 fully saturated rings. The van der Waals surface area contributed by atoms with Crippen LogP contribution in [-0.2, 0) is 6.54 Å². The number of methoxy groups -OCH3 is 3. The van der Waals surface area contributed by atoms with Crippen LogP contribution >= 0.6 is 0 Å². The molecule has 1 aliphatic carbocycles. The van der Waals surface area contributed by atoms with E-state index >= 15 is 0 Å². The van der Waals surface area contributed by atoms with E-state index in [1.807, 2.05) is 0 Å². The van der Waals surface area contributed by atoms with Crippen LogP contribution in [0, 0.1) is 0 Å². The molecule has 10 heteroatoms. The molecule has 1 saturated carbocycles. The van der Waals surface area contributed by atoms with Crippen LogP contribution < -0.4 is 25.5 Å². The van der Waals surface area contributed by atoms with Crippen molar-refractivity contribution in [3.63, 3.8) is 0 Å². The van der Waals surface area contributed by atoms with E-state index in [1.165, 1.54) is 30.5 Å². The van der Waals surface area contributed by atoms with Crippen LogP contribution in [0.5, 0.6) is 17.2 Å². The predicted molar refractivity (Wildman–Crippen MR) is 119 cm³/mol. The fraction of sp³-hybridized carbons (Fsp3) is 0.304. The molecule has 0 spiro atoms. The van der Waals surface area contributed by atoms with Gasteiger partial charge in [-0.05, 0) is 37.1 Å². The van der Waals surface area contributed by atoms with Gasteiger partial charge in [0.1, 0.15) is 6.54 Å². The largest absolute Gasteiger partial charge is 0.493 e. The lowest BCUT2D eigenvalue weighted by Gasteiger charge is -2.12. The normalized spacial score (nSPS) is 13.3. The summed E-state index contributed by atoms with van der Waals surface area (Å²) in [5, 5.41) is 4.54. The average Bonchev–Trinajstić information content (AvgIpc) is 3.57. The van der Waals surface area contributed by atoms with Crippen molar-refractivity contribution in [3.05, 3.63) is 63.1 Å². The van der Waals surface area contributed by atoms with Crippen molar-refractivity contribution in [1.29, 1.82) is 0 Å². The van der Waals surface area contributed by atoms with E-state index in [0.717, 1.165) is 12.8 Å². The van der Waals surface area contributed by atoms with Crippen molar-refractivity contribution in [2.24, 2.45) is 0 Å². The van der Waals surface area contributed by atoms with Gasteiger partial charge in [0.05, 0.1) is 32.2 Å². The zero-order valence-corrected chi connectivity index (χ0v) is 18.4. The first kappa shape index (κ1) is 20.8. The van der Waals surface area contributed by atoms with Crippen LogP contribution in [0.25, 0.3) is 22.3 Å². The van der Waals surface area contributed by atoms with E-state index in [0.29, 0.717) is 39.5 Å². The van der Waals surface area contributed by atoms with E-state index in [-0.39, 0.29) is 29.7 Å². The summed E-state index contributed by atoms with van der Waals surface area (Å²) in [5.74, 6) is 1.89. The first-order valence-corrected chi connectivity index (χ1v) is 10.4. The lowest BCUT2D eigenvalue weighted by atomic mass is 10.1. The summed E-state index contributed by atoms with van der Waals surface area (Å²) < 4.78 is 24.4. The van der Waals surface area contributed by atoms with Crippen LogP contribution in [0.3, 0.4) is 0 Å². The molecule has 0 bridgehead atoms. The second kappa shape index (κ2) is 8.12. The Kier molecular flexibility index (Phi) is 5.12. The molecular formula is C23H22N4O6. The summed E-state index contributed by atoms with van der Waals surface area (Å²) in [7, 11) is 4.57. The molecule has 0 N–H and O–H groups in total. The smallest absolute Gasteiger partial charge is 0.332 e. The van der Waals surface area contributed by atoms with Gasteiger partial charge in [-0.25, -0.2) is 4.79 Å². The standard InChI is InChI=1S/C23H22N4O6/c1-30-17-10-13(11-18(31-2)20(17)32-3)21-24-19(33-25-21)12-26-16-7-5-4-6-15(16)22(28)27(23(26)29)14-8-9-14/h4-7,10-11,14H,8-9,12H2,1-3H3. The number of aromatic nitrogens is 4. The van der Waals surface area contributed by atoms with Crippen LogP contribution in [0.15, 0.2) is 50.5 Å². The third-order valence-electron chi connectivity index (χ3n) is 5.68. The minimum atomic E-state index is -0.381. The van der Waals surface area contributed by atoms with Gasteiger partial charge in [0.15, 0.2) is 11.5 Å². The van der Waals surface area contributed by atoms with Crippen molar-refractivity contribution in [1.82, 2.24) is 19.3 Å². The molecule has 4 aromatic rings. The first-order valence-electron chi connectivity index (χ1n) is 10.4. The van der Waals surface area contributed by atoms with Crippen molar-refractivity contribution >= 4 is 10.9 Å². The van der Waals surface area contributed by atoms with Gasteiger partial charge in [-0.2, -0.15) is 4.98 Å². The molecule has 0 atom stereocenters. The molecule has 0 aliphatic heterocycles. The Bertz CT molecular complexity index is 1440. The number of rotatable bonds is 7. The molecule has 0 amide bonds. The minimum Gasteiger partial charge on any atom is -0.493 e. The minimum absolute atomic E-state index is 0.0315. The van der Waals surface area contributed by atoms with Gasteiger partial charge in [-0.1, -0.05) is 17.3 Å². The summed E-state index contributed by atoms with van der Waals surface area (Å²) >= 11 is 0. The van der Waals surface area contributed by atoms with Crippen molar-refractivity contribution < 1.29 is 18.7 Å².